The van der Waals surface area contributed by atoms with Crippen molar-refractivity contribution in [1.82, 2.24) is 10.2 Å². The minimum atomic E-state index is 0.615. The van der Waals surface area contributed by atoms with Crippen molar-refractivity contribution in [3.05, 3.63) is 29.8 Å². The highest BCUT2D eigenvalue weighted by Gasteiger charge is 2.24. The van der Waals surface area contributed by atoms with Gasteiger partial charge in [-0.15, -0.1) is 0 Å². The maximum absolute atomic E-state index is 5.71. The smallest absolute Gasteiger partial charge is 0.193 e. The van der Waals surface area contributed by atoms with Gasteiger partial charge >= 0.3 is 0 Å². The molecule has 25 heavy (non-hydrogen) atoms. The van der Waals surface area contributed by atoms with Crippen LogP contribution < -0.4 is 10.1 Å². The zero-order chi connectivity index (χ0) is 17.9. The maximum Gasteiger partial charge on any atom is 0.193 e. The topological polar surface area (TPSA) is 46.1 Å². The first-order valence-corrected chi connectivity index (χ1v) is 9.43. The molecule has 0 amide bonds. The van der Waals surface area contributed by atoms with E-state index in [1.807, 2.05) is 7.05 Å². The molecule has 1 unspecified atom stereocenters. The van der Waals surface area contributed by atoms with Crippen molar-refractivity contribution >= 4 is 5.96 Å². The molecule has 0 radical (unpaired) electrons. The lowest BCUT2D eigenvalue weighted by atomic mass is 10.1. The lowest BCUT2D eigenvalue weighted by Gasteiger charge is -2.21. The van der Waals surface area contributed by atoms with Crippen molar-refractivity contribution in [2.45, 2.75) is 32.6 Å². The quantitative estimate of drug-likeness (QED) is 0.424. The van der Waals surface area contributed by atoms with E-state index in [0.717, 1.165) is 63.8 Å². The number of unbranched alkanes of at least 4 members (excludes halogenated alkanes) is 1. The predicted octanol–water partition coefficient (Wildman–Crippen LogP) is 2.95. The van der Waals surface area contributed by atoms with Crippen molar-refractivity contribution in [3.8, 4) is 5.75 Å². The van der Waals surface area contributed by atoms with E-state index in [2.05, 4.69) is 46.4 Å². The van der Waals surface area contributed by atoms with Crippen molar-refractivity contribution < 1.29 is 9.47 Å². The second-order valence-electron chi connectivity index (χ2n) is 6.63. The molecule has 2 rings (SSSR count). The Kier molecular flexibility index (Phi) is 8.60. The molecule has 1 atom stereocenters. The minimum Gasteiger partial charge on any atom is -0.494 e. The Balaban J connectivity index is 1.72. The molecule has 5 nitrogen and oxygen atoms in total. The monoisotopic (exact) mass is 347 g/mol. The van der Waals surface area contributed by atoms with Crippen LogP contribution in [-0.2, 0) is 11.2 Å². The van der Waals surface area contributed by atoms with Gasteiger partial charge in [-0.3, -0.25) is 4.99 Å². The van der Waals surface area contributed by atoms with Gasteiger partial charge in [0.2, 0.25) is 0 Å². The number of ether oxygens (including phenoxy) is 2. The molecule has 1 aromatic carbocycles. The van der Waals surface area contributed by atoms with E-state index in [4.69, 9.17) is 9.47 Å². The van der Waals surface area contributed by atoms with Crippen LogP contribution >= 0.6 is 0 Å². The molecule has 0 spiro atoms. The first kappa shape index (κ1) is 19.6. The van der Waals surface area contributed by atoms with Crippen LogP contribution in [0.15, 0.2) is 29.3 Å². The minimum absolute atomic E-state index is 0.615. The Hall–Kier alpha value is -1.75. The fraction of sp³-hybridized carbons (Fsp3) is 0.650. The van der Waals surface area contributed by atoms with E-state index in [1.54, 1.807) is 7.11 Å². The second-order valence-corrected chi connectivity index (χ2v) is 6.63. The molecule has 1 heterocycles. The molecule has 1 aliphatic rings. The van der Waals surface area contributed by atoms with Crippen molar-refractivity contribution in [3.63, 3.8) is 0 Å². The van der Waals surface area contributed by atoms with Gasteiger partial charge in [-0.05, 0) is 37.0 Å². The summed E-state index contributed by atoms with van der Waals surface area (Å²) in [5, 5.41) is 3.48. The molecule has 1 aromatic rings. The number of guanidine groups is 1. The van der Waals surface area contributed by atoms with Gasteiger partial charge in [0.1, 0.15) is 5.75 Å². The molecule has 0 bridgehead atoms. The summed E-state index contributed by atoms with van der Waals surface area (Å²) < 4.78 is 11.0. The third-order valence-corrected chi connectivity index (χ3v) is 4.59. The van der Waals surface area contributed by atoms with Gasteiger partial charge in [0.15, 0.2) is 5.96 Å². The van der Waals surface area contributed by atoms with Crippen LogP contribution in [0.4, 0.5) is 0 Å². The van der Waals surface area contributed by atoms with E-state index < -0.39 is 0 Å². The van der Waals surface area contributed by atoms with E-state index in [1.165, 1.54) is 12.0 Å². The second kappa shape index (κ2) is 11.0. The number of likely N-dealkylation sites (tertiary alicyclic amines) is 1. The lowest BCUT2D eigenvalue weighted by molar-refractivity contribution is 0.157. The zero-order valence-corrected chi connectivity index (χ0v) is 16.0. The van der Waals surface area contributed by atoms with E-state index >= 15 is 0 Å². The highest BCUT2D eigenvalue weighted by Crippen LogP contribution is 2.16. The molecular formula is C20H33N3O2. The van der Waals surface area contributed by atoms with Gasteiger partial charge in [-0.1, -0.05) is 25.5 Å². The Morgan fingerprint density at radius 1 is 1.32 bits per heavy atom. The number of methoxy groups -OCH3 is 1. The number of rotatable bonds is 9. The summed E-state index contributed by atoms with van der Waals surface area (Å²) in [6.07, 6.45) is 4.42. The first-order chi connectivity index (χ1) is 12.3. The Morgan fingerprint density at radius 2 is 2.12 bits per heavy atom. The van der Waals surface area contributed by atoms with Crippen LogP contribution in [0.25, 0.3) is 0 Å². The lowest BCUT2D eigenvalue weighted by Crippen LogP contribution is -2.41. The summed E-state index contributed by atoms with van der Waals surface area (Å²) in [7, 11) is 3.63. The molecule has 0 aliphatic carbocycles. The van der Waals surface area contributed by atoms with Gasteiger partial charge in [-0.2, -0.15) is 0 Å². The maximum atomic E-state index is 5.71. The highest BCUT2D eigenvalue weighted by molar-refractivity contribution is 5.80. The summed E-state index contributed by atoms with van der Waals surface area (Å²) in [5.41, 5.74) is 1.31. The average Bonchev–Trinajstić information content (AvgIpc) is 3.09. The third kappa shape index (κ3) is 6.58. The number of hydrogen-bond donors (Lipinski definition) is 1. The summed E-state index contributed by atoms with van der Waals surface area (Å²) in [4.78, 5) is 6.75. The summed E-state index contributed by atoms with van der Waals surface area (Å²) in [5.74, 6) is 2.57. The van der Waals surface area contributed by atoms with Gasteiger partial charge < -0.3 is 19.7 Å². The molecule has 140 valence electrons. The molecule has 0 aromatic heterocycles. The SMILES string of the molecule is CCCCOc1ccc(CCNC(=NC)N2CCC(COC)C2)cc1. The normalized spacial score (nSPS) is 17.8. The van der Waals surface area contributed by atoms with Gasteiger partial charge in [-0.25, -0.2) is 0 Å². The van der Waals surface area contributed by atoms with Crippen LogP contribution in [0.1, 0.15) is 31.7 Å². The highest BCUT2D eigenvalue weighted by atomic mass is 16.5. The fourth-order valence-corrected chi connectivity index (χ4v) is 3.13. The van der Waals surface area contributed by atoms with Crippen molar-refractivity contribution in [1.29, 1.82) is 0 Å². The van der Waals surface area contributed by atoms with Crippen molar-refractivity contribution in [2.24, 2.45) is 10.9 Å². The van der Waals surface area contributed by atoms with Gasteiger partial charge in [0.25, 0.3) is 0 Å². The number of hydrogen-bond acceptors (Lipinski definition) is 3. The summed E-state index contributed by atoms with van der Waals surface area (Å²) in [6, 6.07) is 8.43. The standard InChI is InChI=1S/C20H33N3O2/c1-4-5-14-25-19-8-6-17(7-9-19)10-12-22-20(21-2)23-13-11-18(15-23)16-24-3/h6-9,18H,4-5,10-16H2,1-3H3,(H,21,22). The van der Waals surface area contributed by atoms with Crippen LogP contribution in [0.2, 0.25) is 0 Å². The fourth-order valence-electron chi connectivity index (χ4n) is 3.13. The molecule has 0 saturated carbocycles. The molecule has 1 N–H and O–H groups in total. The predicted molar refractivity (Wildman–Crippen MR) is 103 cm³/mol. The first-order valence-electron chi connectivity index (χ1n) is 9.43. The molecule has 5 heteroatoms. The van der Waals surface area contributed by atoms with Gasteiger partial charge in [0, 0.05) is 39.7 Å². The Bertz CT molecular complexity index is 516. The third-order valence-electron chi connectivity index (χ3n) is 4.59. The van der Waals surface area contributed by atoms with E-state index in [9.17, 15) is 0 Å². The number of nitrogens with one attached hydrogen (secondary N) is 1. The number of benzene rings is 1. The molecule has 1 aliphatic heterocycles. The average molecular weight is 348 g/mol. The molecular weight excluding hydrogens is 314 g/mol. The summed E-state index contributed by atoms with van der Waals surface area (Å²) >= 11 is 0. The van der Waals surface area contributed by atoms with Crippen LogP contribution in [0.3, 0.4) is 0 Å². The van der Waals surface area contributed by atoms with Crippen molar-refractivity contribution in [2.75, 3.05) is 47.0 Å². The number of nitrogens with zero attached hydrogens (tertiary/aromatic N) is 2. The Morgan fingerprint density at radius 3 is 2.80 bits per heavy atom. The Labute approximate surface area is 152 Å². The summed E-state index contributed by atoms with van der Waals surface area (Å²) in [6.45, 7) is 6.77. The van der Waals surface area contributed by atoms with E-state index in [0.29, 0.717) is 5.92 Å². The largest absolute Gasteiger partial charge is 0.494 e. The van der Waals surface area contributed by atoms with Crippen LogP contribution in [-0.4, -0.2) is 57.9 Å². The van der Waals surface area contributed by atoms with E-state index in [-0.39, 0.29) is 0 Å². The van der Waals surface area contributed by atoms with Crippen LogP contribution in [0.5, 0.6) is 5.75 Å². The number of aliphatic imine (C=N–C) groups is 1. The van der Waals surface area contributed by atoms with Crippen LogP contribution in [0, 0.1) is 5.92 Å². The zero-order valence-electron chi connectivity index (χ0n) is 16.0. The molecule has 1 saturated heterocycles. The molecule has 1 fully saturated rings. The van der Waals surface area contributed by atoms with Gasteiger partial charge in [0.05, 0.1) is 13.2 Å².